The maximum atomic E-state index is 5.33. The van der Waals surface area contributed by atoms with Crippen molar-refractivity contribution in [1.29, 1.82) is 0 Å². The summed E-state index contributed by atoms with van der Waals surface area (Å²) in [6.45, 7) is 7.25. The Bertz CT molecular complexity index is 149. The Morgan fingerprint density at radius 3 is 2.33 bits per heavy atom. The van der Waals surface area contributed by atoms with Crippen molar-refractivity contribution in [3.63, 3.8) is 0 Å². The summed E-state index contributed by atoms with van der Waals surface area (Å²) >= 11 is 0. The fourth-order valence-corrected chi connectivity index (χ4v) is 0.289. The third-order valence-electron chi connectivity index (χ3n) is 0.465. The minimum atomic E-state index is -0.145. The first kappa shape index (κ1) is 6.48. The number of hydrogen-bond acceptors (Lipinski definition) is 0. The van der Waals surface area contributed by atoms with Gasteiger partial charge in [-0.3, -0.25) is 0 Å². The zero-order valence-corrected chi connectivity index (χ0v) is 4.66. The molecule has 0 atom stereocenters. The van der Waals surface area contributed by atoms with Crippen molar-refractivity contribution in [3.05, 3.63) is 0 Å². The molecule has 26 valence electrons. The molecule has 0 aromatic heterocycles. The van der Waals surface area contributed by atoms with E-state index in [9.17, 15) is 0 Å². The summed E-state index contributed by atoms with van der Waals surface area (Å²) in [6.07, 6.45) is 3.63. The van der Waals surface area contributed by atoms with Gasteiger partial charge in [0.15, 0.2) is 0 Å². The molecule has 0 aliphatic rings. The molecule has 5 heteroatoms. The van der Waals surface area contributed by atoms with Gasteiger partial charge in [-0.2, -0.15) is 0 Å². The molecule has 0 saturated heterocycles. The Hall–Kier alpha value is 0.480. The average Bonchev–Trinajstić information content (AvgIpc) is 1.65. The van der Waals surface area contributed by atoms with Crippen molar-refractivity contribution in [2.24, 2.45) is 0 Å². The molecule has 0 saturated carbocycles. The second kappa shape index (κ2) is 3.66. The van der Waals surface area contributed by atoms with Gasteiger partial charge in [0.1, 0.15) is 0 Å². The van der Waals surface area contributed by atoms with Gasteiger partial charge in [-0.05, 0) is 0 Å². The minimum absolute atomic E-state index is 0.145. The SMILES string of the molecule is B#S(B=B)=BC. The molecule has 0 heterocycles. The molecule has 0 radical (unpaired) electrons. The summed E-state index contributed by atoms with van der Waals surface area (Å²) in [5.41, 5.74) is 0. The van der Waals surface area contributed by atoms with Gasteiger partial charge >= 0.3 is 42.4 Å². The predicted molar refractivity (Wildman–Crippen MR) is 37.9 cm³/mol. The zero-order chi connectivity index (χ0) is 4.99. The quantitative estimate of drug-likeness (QED) is 0.351. The van der Waals surface area contributed by atoms with Crippen LogP contribution in [0.25, 0.3) is 0 Å². The summed E-state index contributed by atoms with van der Waals surface area (Å²) in [4.78, 5) is 0. The predicted octanol–water partition coefficient (Wildman–Crippen LogP) is -0.559. The molecule has 0 fully saturated rings. The van der Waals surface area contributed by atoms with Crippen LogP contribution in [0.5, 0.6) is 0 Å². The van der Waals surface area contributed by atoms with E-state index in [1.54, 1.807) is 6.08 Å². The zero-order valence-electron chi connectivity index (χ0n) is 3.85. The average molecular weight is 91.4 g/mol. The molecule has 6 heavy (non-hydrogen) atoms. The first-order valence-corrected chi connectivity index (χ1v) is 3.11. The summed E-state index contributed by atoms with van der Waals surface area (Å²) in [7, 11) is 3.34. The van der Waals surface area contributed by atoms with Gasteiger partial charge in [0.25, 0.3) is 0 Å². The van der Waals surface area contributed by atoms with Crippen LogP contribution in [0.2, 0.25) is 6.82 Å². The van der Waals surface area contributed by atoms with Gasteiger partial charge in [0, 0.05) is 0 Å². The van der Waals surface area contributed by atoms with Crippen LogP contribution in [0, 0.1) is 0 Å². The molecule has 0 unspecified atom stereocenters. The molecule has 0 N–H and O–H groups in total. The Kier molecular flexibility index (Phi) is 3.96. The van der Waals surface area contributed by atoms with E-state index < -0.39 is 0 Å². The van der Waals surface area contributed by atoms with Crippen molar-refractivity contribution >= 4 is 35.5 Å². The summed E-state index contributed by atoms with van der Waals surface area (Å²) in [5.74, 6) is 0. The van der Waals surface area contributed by atoms with Crippen LogP contribution in [0.15, 0.2) is 0 Å². The van der Waals surface area contributed by atoms with E-state index in [0.717, 1.165) is 0 Å². The van der Waals surface area contributed by atoms with Gasteiger partial charge in [0.2, 0.25) is 0 Å². The van der Waals surface area contributed by atoms with E-state index >= 15 is 0 Å². The number of rotatable bonds is 0. The third-order valence-corrected chi connectivity index (χ3v) is 1.39. The fourth-order valence-electron chi connectivity index (χ4n) is 0.0962. The molecule has 0 spiro atoms. The van der Waals surface area contributed by atoms with Gasteiger partial charge in [-0.1, -0.05) is 0 Å². The second-order valence-electron chi connectivity index (χ2n) is 0.811. The van der Waals surface area contributed by atoms with Crippen molar-refractivity contribution < 1.29 is 0 Å². The van der Waals surface area contributed by atoms with Crippen LogP contribution >= 0.6 is 9.41 Å². The first-order chi connectivity index (χ1) is 2.81. The Labute approximate surface area is 43.0 Å². The van der Waals surface area contributed by atoms with Crippen LogP contribution < -0.4 is 0 Å². The van der Waals surface area contributed by atoms with E-state index in [1.807, 2.05) is 13.0 Å². The Balaban J connectivity index is 4.03. The van der Waals surface area contributed by atoms with Gasteiger partial charge in [-0.25, -0.2) is 0 Å². The fraction of sp³-hybridized carbons (Fsp3) is 1.00. The number of hydrogen-bond donors (Lipinski definition) is 0. The monoisotopic (exact) mass is 92.0 g/mol. The van der Waals surface area contributed by atoms with Crippen molar-refractivity contribution in [2.45, 2.75) is 6.82 Å². The van der Waals surface area contributed by atoms with Crippen molar-refractivity contribution in [3.8, 4) is 0 Å². The Morgan fingerprint density at radius 1 is 1.83 bits per heavy atom. The molecule has 0 aromatic rings. The van der Waals surface area contributed by atoms with E-state index in [0.29, 0.717) is 0 Å². The van der Waals surface area contributed by atoms with Crippen LogP contribution in [-0.2, 0) is 0 Å². The molecule has 0 aliphatic carbocycles. The van der Waals surface area contributed by atoms with E-state index in [2.05, 4.69) is 7.37 Å². The molecule has 0 rings (SSSR count). The van der Waals surface area contributed by atoms with E-state index in [-0.39, 0.29) is 9.41 Å². The Morgan fingerprint density at radius 2 is 2.33 bits per heavy atom. The van der Waals surface area contributed by atoms with Crippen LogP contribution in [0.1, 0.15) is 0 Å². The topological polar surface area (TPSA) is 0 Å². The summed E-state index contributed by atoms with van der Waals surface area (Å²) in [5, 5.41) is 0. The maximum absolute atomic E-state index is 5.33. The molecule has 0 aliphatic heterocycles. The normalized spacial score (nSPS) is 9.33. The van der Waals surface area contributed by atoms with Crippen LogP contribution in [0.3, 0.4) is 0 Å². The molecular weight excluding hydrogens is 87.3 g/mol. The van der Waals surface area contributed by atoms with Crippen molar-refractivity contribution in [2.75, 3.05) is 0 Å². The molecule has 0 aromatic carbocycles. The van der Waals surface area contributed by atoms with Gasteiger partial charge < -0.3 is 0 Å². The molecule has 0 nitrogen and oxygen atoms in total. The standard InChI is InChI=1S/CH4B4S/c1-4-6(3)5-2/h2H,1H3. The summed E-state index contributed by atoms with van der Waals surface area (Å²) < 4.78 is 0. The van der Waals surface area contributed by atoms with Gasteiger partial charge in [-0.15, -0.1) is 0 Å². The molecular formula is CH4B4S. The van der Waals surface area contributed by atoms with Crippen LogP contribution in [0.4, 0.5) is 0 Å². The summed E-state index contributed by atoms with van der Waals surface area (Å²) in [6, 6.07) is 0. The van der Waals surface area contributed by atoms with E-state index in [4.69, 9.17) is 6.53 Å². The van der Waals surface area contributed by atoms with Gasteiger partial charge in [0.05, 0.1) is 0 Å². The first-order valence-electron chi connectivity index (χ1n) is 1.69. The van der Waals surface area contributed by atoms with Crippen LogP contribution in [-0.4, -0.2) is 26.1 Å². The van der Waals surface area contributed by atoms with E-state index in [1.165, 1.54) is 0 Å². The molecule has 0 amide bonds. The van der Waals surface area contributed by atoms with Crippen molar-refractivity contribution in [1.82, 2.24) is 0 Å². The molecule has 0 bridgehead atoms. The third kappa shape index (κ3) is 2.70. The second-order valence-corrected chi connectivity index (χ2v) is 2.43.